The van der Waals surface area contributed by atoms with Crippen molar-refractivity contribution in [3.63, 3.8) is 0 Å². The highest BCUT2D eigenvalue weighted by molar-refractivity contribution is 6.30. The number of aliphatic carboxylic acids is 1. The number of para-hydroxylation sites is 1. The summed E-state index contributed by atoms with van der Waals surface area (Å²) in [7, 11) is 0. The lowest BCUT2D eigenvalue weighted by molar-refractivity contribution is -0.148. The zero-order valence-corrected chi connectivity index (χ0v) is 19.2. The van der Waals surface area contributed by atoms with Gasteiger partial charge in [0, 0.05) is 34.1 Å². The Morgan fingerprint density at radius 3 is 2.29 bits per heavy atom. The minimum absolute atomic E-state index is 0.123. The number of rotatable bonds is 8. The predicted octanol–water partition coefficient (Wildman–Crippen LogP) is 4.77. The van der Waals surface area contributed by atoms with Crippen LogP contribution in [0.2, 0.25) is 5.02 Å². The van der Waals surface area contributed by atoms with E-state index in [-0.39, 0.29) is 6.42 Å². The van der Waals surface area contributed by atoms with Crippen LogP contribution in [0.15, 0.2) is 85.1 Å². The topological polar surface area (TPSA) is 99.3 Å². The van der Waals surface area contributed by atoms with E-state index in [1.54, 1.807) is 60.8 Å². The molecule has 0 aliphatic carbocycles. The first-order valence-corrected chi connectivity index (χ1v) is 11.1. The quantitative estimate of drug-likeness (QED) is 0.320. The Hall–Kier alpha value is -3.90. The van der Waals surface area contributed by atoms with Gasteiger partial charge >= 0.3 is 5.97 Å². The summed E-state index contributed by atoms with van der Waals surface area (Å²) in [5.41, 5.74) is 0.490. The number of aromatic nitrogens is 1. The first-order chi connectivity index (χ1) is 16.3. The Labute approximate surface area is 201 Å². The molecule has 34 heavy (non-hydrogen) atoms. The van der Waals surface area contributed by atoms with Crippen LogP contribution in [0.1, 0.15) is 28.4 Å². The number of ketones is 1. The van der Waals surface area contributed by atoms with Crippen molar-refractivity contribution in [1.82, 2.24) is 10.3 Å². The van der Waals surface area contributed by atoms with Crippen molar-refractivity contribution in [2.24, 2.45) is 0 Å². The monoisotopic (exact) mass is 474 g/mol. The van der Waals surface area contributed by atoms with Gasteiger partial charge in [0.1, 0.15) is 0 Å². The van der Waals surface area contributed by atoms with Gasteiger partial charge in [-0.15, -0.1) is 0 Å². The van der Waals surface area contributed by atoms with Gasteiger partial charge in [0.15, 0.2) is 11.2 Å². The van der Waals surface area contributed by atoms with Crippen LogP contribution in [0.25, 0.3) is 10.9 Å². The van der Waals surface area contributed by atoms with Gasteiger partial charge in [0.2, 0.25) is 0 Å². The molecule has 4 rings (SSSR count). The summed E-state index contributed by atoms with van der Waals surface area (Å²) >= 11 is 5.93. The van der Waals surface area contributed by atoms with Gasteiger partial charge in [-0.05, 0) is 48.4 Å². The maximum atomic E-state index is 13.9. The summed E-state index contributed by atoms with van der Waals surface area (Å²) in [6, 6.07) is 21.1. The Bertz CT molecular complexity index is 1350. The van der Waals surface area contributed by atoms with E-state index in [0.717, 1.165) is 16.5 Å². The van der Waals surface area contributed by atoms with E-state index in [4.69, 9.17) is 11.6 Å². The Morgan fingerprint density at radius 2 is 1.62 bits per heavy atom. The van der Waals surface area contributed by atoms with Crippen LogP contribution in [0, 0.1) is 0 Å². The van der Waals surface area contributed by atoms with Crippen molar-refractivity contribution in [1.29, 1.82) is 0 Å². The van der Waals surface area contributed by atoms with Gasteiger partial charge in [-0.3, -0.25) is 14.4 Å². The summed E-state index contributed by atoms with van der Waals surface area (Å²) in [6.45, 7) is 1.38. The second-order valence-electron chi connectivity index (χ2n) is 8.26. The van der Waals surface area contributed by atoms with E-state index in [2.05, 4.69) is 10.3 Å². The van der Waals surface area contributed by atoms with Crippen molar-refractivity contribution >= 4 is 40.2 Å². The SMILES string of the molecule is CC(C(=O)O)(C(=O)[C@H](Cc1c[nH]c2ccccc12)NC(=O)c1ccc(Cl)cc1)c1ccccc1. The lowest BCUT2D eigenvalue weighted by Crippen LogP contribution is -2.53. The number of carboxylic acid groups (broad SMARTS) is 1. The van der Waals surface area contributed by atoms with E-state index in [1.165, 1.54) is 6.92 Å². The molecule has 0 radical (unpaired) electrons. The van der Waals surface area contributed by atoms with Crippen LogP contribution in [-0.4, -0.2) is 33.8 Å². The van der Waals surface area contributed by atoms with Crippen LogP contribution in [0.5, 0.6) is 0 Å². The molecule has 2 atom stereocenters. The summed E-state index contributed by atoms with van der Waals surface area (Å²) in [4.78, 5) is 42.5. The van der Waals surface area contributed by atoms with Gasteiger partial charge in [0.25, 0.3) is 5.91 Å². The fourth-order valence-corrected chi connectivity index (χ4v) is 4.19. The molecule has 3 N–H and O–H groups in total. The number of halogens is 1. The normalized spacial score (nSPS) is 13.7. The smallest absolute Gasteiger partial charge is 0.321 e. The third-order valence-electron chi connectivity index (χ3n) is 6.10. The van der Waals surface area contributed by atoms with E-state index >= 15 is 0 Å². The Balaban J connectivity index is 1.74. The van der Waals surface area contributed by atoms with Crippen molar-refractivity contribution in [2.45, 2.75) is 24.8 Å². The minimum Gasteiger partial charge on any atom is -0.480 e. The molecule has 1 heterocycles. The van der Waals surface area contributed by atoms with Gasteiger partial charge < -0.3 is 15.4 Å². The lowest BCUT2D eigenvalue weighted by atomic mass is 9.75. The van der Waals surface area contributed by atoms with Crippen LogP contribution < -0.4 is 5.32 Å². The highest BCUT2D eigenvalue weighted by Crippen LogP contribution is 2.29. The number of carbonyl (C=O) groups excluding carboxylic acids is 2. The first kappa shape index (κ1) is 23.3. The summed E-state index contributed by atoms with van der Waals surface area (Å²) in [5.74, 6) is -2.39. The fraction of sp³-hybridized carbons (Fsp3) is 0.148. The number of benzene rings is 3. The third kappa shape index (κ3) is 4.45. The maximum Gasteiger partial charge on any atom is 0.321 e. The van der Waals surface area contributed by atoms with E-state index in [0.29, 0.717) is 16.1 Å². The minimum atomic E-state index is -1.86. The van der Waals surface area contributed by atoms with Crippen molar-refractivity contribution in [3.8, 4) is 0 Å². The number of hydrogen-bond acceptors (Lipinski definition) is 3. The zero-order chi connectivity index (χ0) is 24.3. The number of H-pyrrole nitrogens is 1. The molecule has 0 saturated carbocycles. The second kappa shape index (κ2) is 9.53. The molecule has 6 nitrogen and oxygen atoms in total. The molecule has 4 aromatic rings. The number of amides is 1. The molecule has 1 aromatic heterocycles. The predicted molar refractivity (Wildman–Crippen MR) is 131 cm³/mol. The van der Waals surface area contributed by atoms with Crippen LogP contribution in [0.4, 0.5) is 0 Å². The average molecular weight is 475 g/mol. The number of Topliss-reactive ketones (excluding diaryl/α,β-unsaturated/α-hetero) is 1. The summed E-state index contributed by atoms with van der Waals surface area (Å²) in [5, 5.41) is 14.3. The number of fused-ring (bicyclic) bond motifs is 1. The number of hydrogen-bond donors (Lipinski definition) is 3. The molecule has 0 spiro atoms. The maximum absolute atomic E-state index is 13.9. The molecule has 0 saturated heterocycles. The fourth-order valence-electron chi connectivity index (χ4n) is 4.06. The van der Waals surface area contributed by atoms with Crippen molar-refractivity contribution in [2.75, 3.05) is 0 Å². The highest BCUT2D eigenvalue weighted by Gasteiger charge is 2.46. The van der Waals surface area contributed by atoms with Gasteiger partial charge in [-0.2, -0.15) is 0 Å². The van der Waals surface area contributed by atoms with E-state index < -0.39 is 29.1 Å². The number of aromatic amines is 1. The molecule has 0 bridgehead atoms. The molecule has 0 aliphatic rings. The van der Waals surface area contributed by atoms with E-state index in [1.807, 2.05) is 24.3 Å². The molecular weight excluding hydrogens is 452 g/mol. The molecule has 1 unspecified atom stereocenters. The van der Waals surface area contributed by atoms with E-state index in [9.17, 15) is 19.5 Å². The third-order valence-corrected chi connectivity index (χ3v) is 6.35. The number of carbonyl (C=O) groups is 3. The Morgan fingerprint density at radius 1 is 0.971 bits per heavy atom. The van der Waals surface area contributed by atoms with Crippen molar-refractivity contribution < 1.29 is 19.5 Å². The second-order valence-corrected chi connectivity index (χ2v) is 8.69. The van der Waals surface area contributed by atoms with Crippen LogP contribution in [-0.2, 0) is 21.4 Å². The molecule has 3 aromatic carbocycles. The molecule has 0 aliphatic heterocycles. The largest absolute Gasteiger partial charge is 0.480 e. The lowest BCUT2D eigenvalue weighted by Gasteiger charge is -2.29. The zero-order valence-electron chi connectivity index (χ0n) is 18.4. The van der Waals surface area contributed by atoms with Gasteiger partial charge in [-0.1, -0.05) is 60.1 Å². The molecule has 0 fully saturated rings. The summed E-state index contributed by atoms with van der Waals surface area (Å²) in [6.07, 6.45) is 1.90. The van der Waals surface area contributed by atoms with Crippen molar-refractivity contribution in [3.05, 3.63) is 107 Å². The Kier molecular flexibility index (Phi) is 6.52. The highest BCUT2D eigenvalue weighted by atomic mass is 35.5. The molecule has 7 heteroatoms. The molecular formula is C27H23ClN2O4. The standard InChI is InChI=1S/C27H23ClN2O4/c1-27(26(33)34,19-7-3-2-4-8-19)24(31)23(30-25(32)17-11-13-20(28)14-12-17)15-18-16-29-22-10-6-5-9-21(18)22/h2-14,16,23,29H,15H2,1H3,(H,30,32)(H,33,34)/t23-,27?/m0/s1. The summed E-state index contributed by atoms with van der Waals surface area (Å²) < 4.78 is 0. The number of nitrogens with one attached hydrogen (secondary N) is 2. The molecule has 1 amide bonds. The first-order valence-electron chi connectivity index (χ1n) is 10.8. The van der Waals surface area contributed by atoms with Crippen LogP contribution in [0.3, 0.4) is 0 Å². The van der Waals surface area contributed by atoms with Gasteiger partial charge in [-0.25, -0.2) is 0 Å². The molecule has 172 valence electrons. The van der Waals surface area contributed by atoms with Gasteiger partial charge in [0.05, 0.1) is 6.04 Å². The average Bonchev–Trinajstić information content (AvgIpc) is 3.26. The number of carboxylic acids is 1. The van der Waals surface area contributed by atoms with Crippen LogP contribution >= 0.6 is 11.6 Å².